The number of thioether (sulfide) groups is 1. The second-order valence-electron chi connectivity index (χ2n) is 5.12. The Morgan fingerprint density at radius 1 is 1.16 bits per heavy atom. The van der Waals surface area contributed by atoms with E-state index in [-0.39, 0.29) is 10.8 Å². The third kappa shape index (κ3) is 5.40. The average Bonchev–Trinajstić information content (AvgIpc) is 2.60. The van der Waals surface area contributed by atoms with Gasteiger partial charge >= 0.3 is 0 Å². The second-order valence-corrected chi connectivity index (χ2v) is 7.79. The first kappa shape index (κ1) is 19.1. The van der Waals surface area contributed by atoms with Crippen LogP contribution in [0.4, 0.5) is 11.4 Å². The number of rotatable bonds is 8. The van der Waals surface area contributed by atoms with Crippen molar-refractivity contribution < 1.29 is 17.9 Å². The topological polar surface area (TPSA) is 84.5 Å². The van der Waals surface area contributed by atoms with Crippen LogP contribution in [0.2, 0.25) is 0 Å². The van der Waals surface area contributed by atoms with Gasteiger partial charge in [-0.1, -0.05) is 18.2 Å². The van der Waals surface area contributed by atoms with Crippen molar-refractivity contribution in [3.63, 3.8) is 0 Å². The lowest BCUT2D eigenvalue weighted by Gasteiger charge is -2.12. The molecule has 0 heterocycles. The molecular formula is C17H20N2O4S2. The zero-order chi connectivity index (χ0) is 18.3. The van der Waals surface area contributed by atoms with E-state index in [2.05, 4.69) is 10.0 Å². The normalized spacial score (nSPS) is 11.0. The molecule has 0 atom stereocenters. The molecule has 0 aromatic heterocycles. The number of sulfonamides is 1. The predicted molar refractivity (Wildman–Crippen MR) is 102 cm³/mol. The van der Waals surface area contributed by atoms with Gasteiger partial charge in [0.25, 0.3) is 10.0 Å². The Bertz CT molecular complexity index is 838. The van der Waals surface area contributed by atoms with Gasteiger partial charge in [-0.3, -0.25) is 9.52 Å². The molecule has 0 spiro atoms. The van der Waals surface area contributed by atoms with E-state index >= 15 is 0 Å². The number of amides is 1. The second kappa shape index (κ2) is 8.77. The zero-order valence-electron chi connectivity index (χ0n) is 14.0. The van der Waals surface area contributed by atoms with Gasteiger partial charge in [0.15, 0.2) is 0 Å². The molecule has 0 aliphatic carbocycles. The Labute approximate surface area is 152 Å². The van der Waals surface area contributed by atoms with Gasteiger partial charge < -0.3 is 10.1 Å². The Kier molecular flexibility index (Phi) is 6.72. The van der Waals surface area contributed by atoms with E-state index in [0.717, 1.165) is 0 Å². The minimum absolute atomic E-state index is 0.0565. The molecule has 0 saturated carbocycles. The summed E-state index contributed by atoms with van der Waals surface area (Å²) >= 11 is 1.57. The van der Waals surface area contributed by atoms with Crippen molar-refractivity contribution in [3.8, 4) is 5.75 Å². The van der Waals surface area contributed by atoms with Gasteiger partial charge in [0.05, 0.1) is 17.7 Å². The predicted octanol–water partition coefficient (Wildman–Crippen LogP) is 3.19. The highest BCUT2D eigenvalue weighted by Gasteiger charge is 2.17. The zero-order valence-corrected chi connectivity index (χ0v) is 15.6. The molecule has 2 rings (SSSR count). The van der Waals surface area contributed by atoms with Crippen molar-refractivity contribution in [1.82, 2.24) is 0 Å². The maximum atomic E-state index is 12.6. The van der Waals surface area contributed by atoms with E-state index in [4.69, 9.17) is 4.74 Å². The highest BCUT2D eigenvalue weighted by molar-refractivity contribution is 7.98. The fourth-order valence-electron chi connectivity index (χ4n) is 2.09. The minimum atomic E-state index is -3.81. The molecular weight excluding hydrogens is 360 g/mol. The number of ether oxygens (including phenoxy) is 1. The summed E-state index contributed by atoms with van der Waals surface area (Å²) < 4.78 is 32.8. The van der Waals surface area contributed by atoms with Crippen LogP contribution in [0, 0.1) is 0 Å². The van der Waals surface area contributed by atoms with E-state index in [1.165, 1.54) is 19.2 Å². The average molecular weight is 380 g/mol. The van der Waals surface area contributed by atoms with E-state index in [9.17, 15) is 13.2 Å². The maximum absolute atomic E-state index is 12.6. The van der Waals surface area contributed by atoms with Crippen molar-refractivity contribution in [1.29, 1.82) is 0 Å². The Balaban J connectivity index is 2.19. The standard InChI is InChI=1S/C17H20N2O4S2/c1-23-16-9-4-3-8-15(16)19-25(21,22)14-7-5-6-13(12-14)18-17(20)10-11-24-2/h3-9,12,19H,10-11H2,1-2H3,(H,18,20). The summed E-state index contributed by atoms with van der Waals surface area (Å²) in [5.41, 5.74) is 0.786. The molecule has 25 heavy (non-hydrogen) atoms. The Morgan fingerprint density at radius 3 is 2.64 bits per heavy atom. The third-order valence-electron chi connectivity index (χ3n) is 3.31. The molecule has 2 aromatic rings. The summed E-state index contributed by atoms with van der Waals surface area (Å²) in [6, 6.07) is 12.9. The molecule has 0 radical (unpaired) electrons. The SMILES string of the molecule is COc1ccccc1NS(=O)(=O)c1cccc(NC(=O)CCSC)c1. The van der Waals surface area contributed by atoms with Gasteiger partial charge in [0.1, 0.15) is 5.75 Å². The molecule has 1 amide bonds. The Morgan fingerprint density at radius 2 is 1.92 bits per heavy atom. The molecule has 0 saturated heterocycles. The first-order chi connectivity index (χ1) is 12.0. The highest BCUT2D eigenvalue weighted by atomic mass is 32.2. The van der Waals surface area contributed by atoms with Gasteiger partial charge in [0.2, 0.25) is 5.91 Å². The lowest BCUT2D eigenvalue weighted by molar-refractivity contribution is -0.115. The third-order valence-corrected chi connectivity index (χ3v) is 5.29. The van der Waals surface area contributed by atoms with Gasteiger partial charge in [-0.25, -0.2) is 8.42 Å². The number of carbonyl (C=O) groups excluding carboxylic acids is 1. The number of nitrogens with one attached hydrogen (secondary N) is 2. The van der Waals surface area contributed by atoms with Crippen LogP contribution in [0.1, 0.15) is 6.42 Å². The number of hydrogen-bond donors (Lipinski definition) is 2. The molecule has 0 bridgehead atoms. The molecule has 2 N–H and O–H groups in total. The van der Waals surface area contributed by atoms with E-state index < -0.39 is 10.0 Å². The summed E-state index contributed by atoms with van der Waals surface area (Å²) in [6.07, 6.45) is 2.29. The van der Waals surface area contributed by atoms with Crippen LogP contribution in [-0.4, -0.2) is 33.4 Å². The van der Waals surface area contributed by atoms with Crippen LogP contribution in [0.5, 0.6) is 5.75 Å². The summed E-state index contributed by atoms with van der Waals surface area (Å²) in [6.45, 7) is 0. The number of para-hydroxylation sites is 2. The highest BCUT2D eigenvalue weighted by Crippen LogP contribution is 2.26. The summed E-state index contributed by atoms with van der Waals surface area (Å²) in [4.78, 5) is 11.9. The van der Waals surface area contributed by atoms with E-state index in [1.807, 2.05) is 6.26 Å². The van der Waals surface area contributed by atoms with Crippen LogP contribution in [0.3, 0.4) is 0 Å². The molecule has 134 valence electrons. The number of methoxy groups -OCH3 is 1. The maximum Gasteiger partial charge on any atom is 0.262 e. The van der Waals surface area contributed by atoms with E-state index in [0.29, 0.717) is 29.3 Å². The molecule has 0 aliphatic rings. The number of carbonyl (C=O) groups is 1. The van der Waals surface area contributed by atoms with Gasteiger partial charge in [-0.2, -0.15) is 11.8 Å². The van der Waals surface area contributed by atoms with Gasteiger partial charge in [0, 0.05) is 17.9 Å². The molecule has 0 unspecified atom stereocenters. The van der Waals surface area contributed by atoms with Crippen LogP contribution < -0.4 is 14.8 Å². The molecule has 0 aliphatic heterocycles. The monoisotopic (exact) mass is 380 g/mol. The molecule has 6 nitrogen and oxygen atoms in total. The largest absolute Gasteiger partial charge is 0.495 e. The quantitative estimate of drug-likeness (QED) is 0.735. The molecule has 0 fully saturated rings. The fourth-order valence-corrected chi connectivity index (χ4v) is 3.60. The minimum Gasteiger partial charge on any atom is -0.495 e. The molecule has 2 aromatic carbocycles. The number of anilines is 2. The lowest BCUT2D eigenvalue weighted by Crippen LogP contribution is -2.15. The van der Waals surface area contributed by atoms with Crippen molar-refractivity contribution in [2.24, 2.45) is 0 Å². The summed E-state index contributed by atoms with van der Waals surface area (Å²) in [5, 5.41) is 2.71. The van der Waals surface area contributed by atoms with Crippen molar-refractivity contribution in [3.05, 3.63) is 48.5 Å². The summed E-state index contributed by atoms with van der Waals surface area (Å²) in [7, 11) is -2.34. The van der Waals surface area contributed by atoms with Crippen LogP contribution in [0.25, 0.3) is 0 Å². The van der Waals surface area contributed by atoms with Crippen molar-refractivity contribution in [2.45, 2.75) is 11.3 Å². The Hall–Kier alpha value is -2.19. The van der Waals surface area contributed by atoms with Crippen LogP contribution in [0.15, 0.2) is 53.4 Å². The first-order valence-electron chi connectivity index (χ1n) is 7.51. The number of benzene rings is 2. The van der Waals surface area contributed by atoms with E-state index in [1.54, 1.807) is 48.2 Å². The van der Waals surface area contributed by atoms with Crippen molar-refractivity contribution in [2.75, 3.05) is 29.2 Å². The fraction of sp³-hybridized carbons (Fsp3) is 0.235. The lowest BCUT2D eigenvalue weighted by atomic mass is 10.3. The molecule has 8 heteroatoms. The van der Waals surface area contributed by atoms with Crippen LogP contribution >= 0.6 is 11.8 Å². The first-order valence-corrected chi connectivity index (χ1v) is 10.4. The van der Waals surface area contributed by atoms with Crippen LogP contribution in [-0.2, 0) is 14.8 Å². The van der Waals surface area contributed by atoms with Gasteiger partial charge in [-0.15, -0.1) is 0 Å². The number of hydrogen-bond acceptors (Lipinski definition) is 5. The smallest absolute Gasteiger partial charge is 0.262 e. The summed E-state index contributed by atoms with van der Waals surface area (Å²) in [5.74, 6) is 0.980. The van der Waals surface area contributed by atoms with Crippen molar-refractivity contribution >= 4 is 39.1 Å². The van der Waals surface area contributed by atoms with Gasteiger partial charge in [-0.05, 0) is 36.6 Å².